The van der Waals surface area contributed by atoms with Crippen LogP contribution in [0, 0.1) is 0 Å². The van der Waals surface area contributed by atoms with Crippen molar-refractivity contribution in [1.29, 1.82) is 0 Å². The minimum atomic E-state index is -0.540. The van der Waals surface area contributed by atoms with E-state index >= 15 is 0 Å². The van der Waals surface area contributed by atoms with E-state index in [4.69, 9.17) is 9.62 Å². The Bertz CT molecular complexity index is 683. The normalized spacial score (nSPS) is 19.3. The van der Waals surface area contributed by atoms with Gasteiger partial charge in [0.05, 0.1) is 6.04 Å². The van der Waals surface area contributed by atoms with Crippen molar-refractivity contribution in [1.82, 2.24) is 5.32 Å². The molecule has 1 aliphatic heterocycles. The van der Waals surface area contributed by atoms with Crippen LogP contribution in [0.15, 0.2) is 37.6 Å². The molecule has 7 nitrogen and oxygen atoms in total. The molecule has 0 aliphatic carbocycles. The number of hydrogen-bond acceptors (Lipinski definition) is 7. The van der Waals surface area contributed by atoms with Crippen LogP contribution in [0.3, 0.4) is 0 Å². The fourth-order valence-corrected chi connectivity index (χ4v) is 3.18. The minimum absolute atomic E-state index is 0.233. The first-order valence-electron chi connectivity index (χ1n) is 7.35. The van der Waals surface area contributed by atoms with E-state index in [-0.39, 0.29) is 11.9 Å². The summed E-state index contributed by atoms with van der Waals surface area (Å²) >= 11 is 1.38. The first-order valence-corrected chi connectivity index (χ1v) is 8.33. The molecule has 0 spiro atoms. The third-order valence-electron chi connectivity index (χ3n) is 3.36. The molecule has 2 N–H and O–H groups in total. The molecule has 0 saturated heterocycles. The highest BCUT2D eigenvalue weighted by Gasteiger charge is 2.28. The largest absolute Gasteiger partial charge is 0.426 e. The molecule has 0 radical (unpaired) electrons. The van der Waals surface area contributed by atoms with E-state index in [0.717, 1.165) is 6.42 Å². The lowest BCUT2D eigenvalue weighted by molar-refractivity contribution is -0.122. The number of hydrogen-bond donors (Lipinski definition) is 2. The lowest BCUT2D eigenvalue weighted by Gasteiger charge is -2.18. The smallest absolute Gasteiger partial charge is 0.335 e. The summed E-state index contributed by atoms with van der Waals surface area (Å²) in [5, 5.41) is 15.3. The second-order valence-corrected chi connectivity index (χ2v) is 6.15. The second kappa shape index (κ2) is 7.96. The molecule has 2 heterocycles. The van der Waals surface area contributed by atoms with Gasteiger partial charge in [-0.1, -0.05) is 24.6 Å². The van der Waals surface area contributed by atoms with Crippen LogP contribution in [0.25, 0.3) is 0 Å². The van der Waals surface area contributed by atoms with Gasteiger partial charge in [-0.05, 0) is 19.4 Å². The molecule has 2 atom stereocenters. The van der Waals surface area contributed by atoms with Gasteiger partial charge in [0, 0.05) is 11.8 Å². The Morgan fingerprint density at radius 3 is 3.04 bits per heavy atom. The zero-order valence-electron chi connectivity index (χ0n) is 13.0. The van der Waals surface area contributed by atoms with Gasteiger partial charge in [0.2, 0.25) is 5.91 Å². The van der Waals surface area contributed by atoms with Gasteiger partial charge in [-0.3, -0.25) is 9.79 Å². The van der Waals surface area contributed by atoms with E-state index in [1.807, 2.05) is 6.92 Å². The number of carbonyl (C=O) groups excluding carboxylic acids is 1. The van der Waals surface area contributed by atoms with Crippen LogP contribution in [-0.4, -0.2) is 33.7 Å². The van der Waals surface area contributed by atoms with Crippen molar-refractivity contribution in [3.8, 4) is 0 Å². The topological polar surface area (TPSA) is 104 Å². The van der Waals surface area contributed by atoms with E-state index in [2.05, 4.69) is 15.5 Å². The maximum atomic E-state index is 12.4. The van der Waals surface area contributed by atoms with Crippen LogP contribution in [-0.2, 0) is 4.79 Å². The zero-order valence-corrected chi connectivity index (χ0v) is 13.8. The Labute approximate surface area is 137 Å². The molecule has 1 aliphatic rings. The summed E-state index contributed by atoms with van der Waals surface area (Å²) in [6.45, 7) is 3.62. The predicted octanol–water partition coefficient (Wildman–Crippen LogP) is 1.96. The quantitative estimate of drug-likeness (QED) is 0.469. The molecule has 1 aromatic heterocycles. The number of thioether (sulfide) groups is 1. The lowest BCUT2D eigenvalue weighted by atomic mass is 10.1. The van der Waals surface area contributed by atoms with E-state index < -0.39 is 11.7 Å². The van der Waals surface area contributed by atoms with Crippen molar-refractivity contribution < 1.29 is 14.4 Å². The Morgan fingerprint density at radius 2 is 2.39 bits per heavy atom. The van der Waals surface area contributed by atoms with E-state index in [1.165, 1.54) is 17.8 Å². The summed E-state index contributed by atoms with van der Waals surface area (Å²) in [6.07, 6.45) is 1.49. The molecule has 1 amide bonds. The van der Waals surface area contributed by atoms with Crippen LogP contribution in [0.4, 0.5) is 0 Å². The highest BCUT2D eigenvalue weighted by molar-refractivity contribution is 8.16. The highest BCUT2D eigenvalue weighted by Crippen LogP contribution is 2.22. The molecule has 124 valence electrons. The van der Waals surface area contributed by atoms with Gasteiger partial charge in [0.15, 0.2) is 0 Å². The molecular weight excluding hydrogens is 318 g/mol. The average Bonchev–Trinajstić information content (AvgIpc) is 3.03. The summed E-state index contributed by atoms with van der Waals surface area (Å²) in [4.78, 5) is 28.0. The van der Waals surface area contributed by atoms with E-state index in [0.29, 0.717) is 28.7 Å². The van der Waals surface area contributed by atoms with Gasteiger partial charge in [0.25, 0.3) is 0 Å². The van der Waals surface area contributed by atoms with Crippen molar-refractivity contribution >= 4 is 28.4 Å². The predicted molar refractivity (Wildman–Crippen MR) is 89.3 cm³/mol. The Morgan fingerprint density at radius 1 is 1.61 bits per heavy atom. The molecule has 0 bridgehead atoms. The SMILES string of the molecule is CCCC(NC(=O)C1CSC(/C(C)=N/O)=N1)c1cccc(=O)o1. The van der Waals surface area contributed by atoms with E-state index in [1.54, 1.807) is 19.1 Å². The lowest BCUT2D eigenvalue weighted by Crippen LogP contribution is -2.36. The van der Waals surface area contributed by atoms with Gasteiger partial charge in [-0.25, -0.2) is 4.79 Å². The molecule has 2 unspecified atom stereocenters. The van der Waals surface area contributed by atoms with Crippen molar-refractivity contribution in [3.05, 3.63) is 34.4 Å². The van der Waals surface area contributed by atoms with Gasteiger partial charge in [-0.2, -0.15) is 0 Å². The number of carbonyl (C=O) groups is 1. The number of oxime groups is 1. The molecule has 1 aromatic rings. The highest BCUT2D eigenvalue weighted by atomic mass is 32.2. The second-order valence-electron chi connectivity index (χ2n) is 5.15. The number of amides is 1. The van der Waals surface area contributed by atoms with Crippen molar-refractivity contribution in [2.24, 2.45) is 10.1 Å². The van der Waals surface area contributed by atoms with Crippen molar-refractivity contribution in [2.45, 2.75) is 38.8 Å². The van der Waals surface area contributed by atoms with Crippen LogP contribution in [0.2, 0.25) is 0 Å². The zero-order chi connectivity index (χ0) is 16.8. The van der Waals surface area contributed by atoms with Gasteiger partial charge >= 0.3 is 5.63 Å². The fraction of sp³-hybridized carbons (Fsp3) is 0.467. The number of aliphatic imine (C=N–C) groups is 1. The van der Waals surface area contributed by atoms with Crippen LogP contribution < -0.4 is 10.9 Å². The summed E-state index contributed by atoms with van der Waals surface area (Å²) in [7, 11) is 0. The maximum absolute atomic E-state index is 12.4. The van der Waals surface area contributed by atoms with Gasteiger partial charge in [0.1, 0.15) is 22.6 Å². The maximum Gasteiger partial charge on any atom is 0.335 e. The van der Waals surface area contributed by atoms with Gasteiger partial charge in [-0.15, -0.1) is 11.8 Å². The van der Waals surface area contributed by atoms with Crippen LogP contribution in [0.1, 0.15) is 38.5 Å². The fourth-order valence-electron chi connectivity index (χ4n) is 2.18. The number of nitrogens with zero attached hydrogens (tertiary/aromatic N) is 2. The average molecular weight is 337 g/mol. The number of nitrogens with one attached hydrogen (secondary N) is 1. The minimum Gasteiger partial charge on any atom is -0.426 e. The molecule has 8 heteroatoms. The molecule has 0 saturated carbocycles. The van der Waals surface area contributed by atoms with E-state index in [9.17, 15) is 9.59 Å². The van der Waals surface area contributed by atoms with Crippen molar-refractivity contribution in [3.63, 3.8) is 0 Å². The Hall–Kier alpha value is -2.09. The first kappa shape index (κ1) is 17.3. The summed E-state index contributed by atoms with van der Waals surface area (Å²) in [5.41, 5.74) is -0.0474. The monoisotopic (exact) mass is 337 g/mol. The number of rotatable bonds is 6. The third kappa shape index (κ3) is 4.44. The van der Waals surface area contributed by atoms with Crippen LogP contribution >= 0.6 is 11.8 Å². The van der Waals surface area contributed by atoms with Gasteiger partial charge < -0.3 is 14.9 Å². The Kier molecular flexibility index (Phi) is 5.97. The standard InChI is InChI=1S/C15H19N3O4S/c1-3-5-10(12-6-4-7-13(19)22-12)16-14(20)11-8-23-15(17-11)9(2)18-21/h4,6-7,10-11,21H,3,5,8H2,1-2H3,(H,16,20)/b18-9+. The Balaban J connectivity index is 2.10. The summed E-state index contributed by atoms with van der Waals surface area (Å²) < 4.78 is 5.17. The first-order chi connectivity index (χ1) is 11.0. The van der Waals surface area contributed by atoms with Crippen LogP contribution in [0.5, 0.6) is 0 Å². The summed E-state index contributed by atoms with van der Waals surface area (Å²) in [6, 6.07) is 3.72. The molecular formula is C15H19N3O4S. The molecule has 2 rings (SSSR count). The summed E-state index contributed by atoms with van der Waals surface area (Å²) in [5.74, 6) is 0.699. The molecule has 0 aromatic carbocycles. The molecule has 23 heavy (non-hydrogen) atoms. The molecule has 0 fully saturated rings. The van der Waals surface area contributed by atoms with Crippen molar-refractivity contribution in [2.75, 3.05) is 5.75 Å². The third-order valence-corrected chi connectivity index (χ3v) is 4.52.